The number of thioether (sulfide) groups is 1. The summed E-state index contributed by atoms with van der Waals surface area (Å²) in [5.74, 6) is 0.705. The van der Waals surface area contributed by atoms with Crippen LogP contribution in [0.3, 0.4) is 0 Å². The minimum atomic E-state index is 0.210. The average Bonchev–Trinajstić information content (AvgIpc) is 2.63. The second-order valence-corrected chi connectivity index (χ2v) is 7.81. The molecule has 25 heavy (non-hydrogen) atoms. The first kappa shape index (κ1) is 18.2. The molecule has 1 heterocycles. The first-order valence-electron chi connectivity index (χ1n) is 8.52. The summed E-state index contributed by atoms with van der Waals surface area (Å²) < 4.78 is 0. The number of piperazine rings is 1. The number of amides is 1. The van der Waals surface area contributed by atoms with Gasteiger partial charge in [-0.15, -0.1) is 11.8 Å². The van der Waals surface area contributed by atoms with Crippen molar-refractivity contribution >= 4 is 35.0 Å². The van der Waals surface area contributed by atoms with E-state index in [9.17, 15) is 4.79 Å². The van der Waals surface area contributed by atoms with Gasteiger partial charge < -0.3 is 9.80 Å². The standard InChI is InChI=1S/C20H23ClN2OS/c1-15-7-8-17(13-16(15)2)25-14-20(24)23-11-9-22(10-12-23)19-6-4-3-5-18(19)21/h3-8,13H,9-12,14H2,1-2H3. The third-order valence-electron chi connectivity index (χ3n) is 4.67. The maximum absolute atomic E-state index is 12.5. The van der Waals surface area contributed by atoms with E-state index in [0.717, 1.165) is 41.8 Å². The van der Waals surface area contributed by atoms with Crippen molar-refractivity contribution in [2.24, 2.45) is 0 Å². The molecule has 0 atom stereocenters. The number of hydrogen-bond donors (Lipinski definition) is 0. The van der Waals surface area contributed by atoms with Crippen molar-refractivity contribution < 1.29 is 4.79 Å². The molecule has 1 saturated heterocycles. The highest BCUT2D eigenvalue weighted by Gasteiger charge is 2.22. The van der Waals surface area contributed by atoms with Crippen molar-refractivity contribution in [3.05, 3.63) is 58.6 Å². The number of para-hydroxylation sites is 1. The number of benzene rings is 2. The molecule has 132 valence electrons. The smallest absolute Gasteiger partial charge is 0.233 e. The molecule has 0 bridgehead atoms. The first-order valence-corrected chi connectivity index (χ1v) is 9.88. The Kier molecular flexibility index (Phi) is 5.92. The fourth-order valence-electron chi connectivity index (χ4n) is 2.94. The maximum atomic E-state index is 12.5. The molecular weight excluding hydrogens is 352 g/mol. The van der Waals surface area contributed by atoms with E-state index in [-0.39, 0.29) is 5.91 Å². The van der Waals surface area contributed by atoms with Crippen molar-refractivity contribution in [2.45, 2.75) is 18.7 Å². The molecule has 0 saturated carbocycles. The van der Waals surface area contributed by atoms with Crippen molar-refractivity contribution in [3.63, 3.8) is 0 Å². The van der Waals surface area contributed by atoms with Gasteiger partial charge in [-0.2, -0.15) is 0 Å². The number of carbonyl (C=O) groups excluding carboxylic acids is 1. The molecule has 1 aliphatic heterocycles. The van der Waals surface area contributed by atoms with Crippen molar-refractivity contribution in [1.29, 1.82) is 0 Å². The molecule has 1 fully saturated rings. The van der Waals surface area contributed by atoms with Crippen LogP contribution in [0, 0.1) is 13.8 Å². The zero-order valence-electron chi connectivity index (χ0n) is 14.7. The lowest BCUT2D eigenvalue weighted by atomic mass is 10.1. The zero-order chi connectivity index (χ0) is 17.8. The predicted octanol–water partition coefficient (Wildman–Crippen LogP) is 4.40. The second kappa shape index (κ2) is 8.15. The van der Waals surface area contributed by atoms with Crippen LogP contribution in [-0.4, -0.2) is 42.7 Å². The van der Waals surface area contributed by atoms with Crippen LogP contribution in [-0.2, 0) is 4.79 Å². The van der Waals surface area contributed by atoms with Gasteiger partial charge in [-0.05, 0) is 49.2 Å². The first-order chi connectivity index (χ1) is 12.0. The molecule has 5 heteroatoms. The van der Waals surface area contributed by atoms with E-state index in [2.05, 4.69) is 36.9 Å². The van der Waals surface area contributed by atoms with E-state index in [1.807, 2.05) is 29.2 Å². The fraction of sp³-hybridized carbons (Fsp3) is 0.350. The third kappa shape index (κ3) is 4.50. The molecule has 0 aromatic heterocycles. The van der Waals surface area contributed by atoms with E-state index in [4.69, 9.17) is 11.6 Å². The highest BCUT2D eigenvalue weighted by atomic mass is 35.5. The van der Waals surface area contributed by atoms with E-state index >= 15 is 0 Å². The summed E-state index contributed by atoms with van der Waals surface area (Å²) in [4.78, 5) is 17.9. The summed E-state index contributed by atoms with van der Waals surface area (Å²) in [6.07, 6.45) is 0. The number of hydrogen-bond acceptors (Lipinski definition) is 3. The van der Waals surface area contributed by atoms with Gasteiger partial charge in [0.15, 0.2) is 0 Å². The van der Waals surface area contributed by atoms with Gasteiger partial charge in [0.25, 0.3) is 0 Å². The van der Waals surface area contributed by atoms with E-state index in [1.54, 1.807) is 11.8 Å². The minimum absolute atomic E-state index is 0.210. The Morgan fingerprint density at radius 3 is 2.44 bits per heavy atom. The van der Waals surface area contributed by atoms with E-state index in [0.29, 0.717) is 5.75 Å². The van der Waals surface area contributed by atoms with Crippen LogP contribution in [0.1, 0.15) is 11.1 Å². The molecule has 0 radical (unpaired) electrons. The SMILES string of the molecule is Cc1ccc(SCC(=O)N2CCN(c3ccccc3Cl)CC2)cc1C. The molecule has 3 nitrogen and oxygen atoms in total. The van der Waals surface area contributed by atoms with Gasteiger partial charge >= 0.3 is 0 Å². The van der Waals surface area contributed by atoms with Crippen molar-refractivity contribution in [2.75, 3.05) is 36.8 Å². The second-order valence-electron chi connectivity index (χ2n) is 6.35. The molecule has 0 N–H and O–H groups in total. The molecule has 0 unspecified atom stereocenters. The summed E-state index contributed by atoms with van der Waals surface area (Å²) >= 11 is 7.89. The van der Waals surface area contributed by atoms with Gasteiger partial charge in [-0.1, -0.05) is 29.8 Å². The Morgan fingerprint density at radius 1 is 1.04 bits per heavy atom. The summed E-state index contributed by atoms with van der Waals surface area (Å²) in [6, 6.07) is 14.3. The minimum Gasteiger partial charge on any atom is -0.367 e. The van der Waals surface area contributed by atoms with Gasteiger partial charge in [0.2, 0.25) is 5.91 Å². The van der Waals surface area contributed by atoms with Gasteiger partial charge in [-0.25, -0.2) is 0 Å². The van der Waals surface area contributed by atoms with Crippen LogP contribution in [0.15, 0.2) is 47.4 Å². The summed E-state index contributed by atoms with van der Waals surface area (Å²) in [6.45, 7) is 7.35. The highest BCUT2D eigenvalue weighted by Crippen LogP contribution is 2.26. The summed E-state index contributed by atoms with van der Waals surface area (Å²) in [5, 5.41) is 0.771. The number of anilines is 1. The van der Waals surface area contributed by atoms with E-state index in [1.165, 1.54) is 11.1 Å². The Bertz CT molecular complexity index is 757. The molecule has 1 amide bonds. The van der Waals surface area contributed by atoms with Gasteiger partial charge in [0.1, 0.15) is 0 Å². The monoisotopic (exact) mass is 374 g/mol. The van der Waals surface area contributed by atoms with Crippen LogP contribution < -0.4 is 4.90 Å². The molecule has 2 aromatic carbocycles. The normalized spacial score (nSPS) is 14.7. The van der Waals surface area contributed by atoms with Crippen LogP contribution >= 0.6 is 23.4 Å². The quantitative estimate of drug-likeness (QED) is 0.741. The lowest BCUT2D eigenvalue weighted by molar-refractivity contribution is -0.128. The van der Waals surface area contributed by atoms with Crippen LogP contribution in [0.2, 0.25) is 5.02 Å². The molecule has 1 aliphatic rings. The van der Waals surface area contributed by atoms with Crippen LogP contribution in [0.25, 0.3) is 0 Å². The Morgan fingerprint density at radius 2 is 1.76 bits per heavy atom. The van der Waals surface area contributed by atoms with Gasteiger partial charge in [0, 0.05) is 31.1 Å². The number of carbonyl (C=O) groups is 1. The lowest BCUT2D eigenvalue weighted by Gasteiger charge is -2.36. The zero-order valence-corrected chi connectivity index (χ0v) is 16.2. The number of nitrogens with zero attached hydrogens (tertiary/aromatic N) is 2. The third-order valence-corrected chi connectivity index (χ3v) is 5.96. The molecule has 0 aliphatic carbocycles. The van der Waals surface area contributed by atoms with Crippen LogP contribution in [0.4, 0.5) is 5.69 Å². The van der Waals surface area contributed by atoms with E-state index < -0.39 is 0 Å². The molecule has 0 spiro atoms. The number of rotatable bonds is 4. The van der Waals surface area contributed by atoms with Gasteiger partial charge in [-0.3, -0.25) is 4.79 Å². The predicted molar refractivity (Wildman–Crippen MR) is 107 cm³/mol. The number of halogens is 1. The molecular formula is C20H23ClN2OS. The Balaban J connectivity index is 1.51. The van der Waals surface area contributed by atoms with Crippen LogP contribution in [0.5, 0.6) is 0 Å². The summed E-state index contributed by atoms with van der Waals surface area (Å²) in [5.41, 5.74) is 3.61. The molecule has 3 rings (SSSR count). The van der Waals surface area contributed by atoms with Crippen molar-refractivity contribution in [1.82, 2.24) is 4.90 Å². The summed E-state index contributed by atoms with van der Waals surface area (Å²) in [7, 11) is 0. The Labute approximate surface area is 159 Å². The highest BCUT2D eigenvalue weighted by molar-refractivity contribution is 8.00. The topological polar surface area (TPSA) is 23.6 Å². The maximum Gasteiger partial charge on any atom is 0.233 e. The fourth-order valence-corrected chi connectivity index (χ4v) is 4.10. The average molecular weight is 375 g/mol. The largest absolute Gasteiger partial charge is 0.367 e. The molecule has 2 aromatic rings. The lowest BCUT2D eigenvalue weighted by Crippen LogP contribution is -2.49. The number of aryl methyl sites for hydroxylation is 2. The Hall–Kier alpha value is -1.65. The van der Waals surface area contributed by atoms with Gasteiger partial charge in [0.05, 0.1) is 16.5 Å². The van der Waals surface area contributed by atoms with Crippen molar-refractivity contribution in [3.8, 4) is 0 Å².